The number of hydrogen-bond acceptors (Lipinski definition) is 4. The van der Waals surface area contributed by atoms with Crippen molar-refractivity contribution in [2.75, 3.05) is 13.7 Å². The van der Waals surface area contributed by atoms with Gasteiger partial charge < -0.3 is 9.47 Å². The van der Waals surface area contributed by atoms with E-state index in [1.165, 1.54) is 19.1 Å². The van der Waals surface area contributed by atoms with E-state index >= 15 is 0 Å². The highest BCUT2D eigenvalue weighted by Gasteiger charge is 2.11. The maximum Gasteiger partial charge on any atom is 0.271 e. The van der Waals surface area contributed by atoms with Gasteiger partial charge in [-0.05, 0) is 43.2 Å². The van der Waals surface area contributed by atoms with Crippen LogP contribution in [0.4, 0.5) is 0 Å². The molecule has 0 saturated heterocycles. The molecule has 0 saturated carbocycles. The summed E-state index contributed by atoms with van der Waals surface area (Å²) in [6, 6.07) is 10.8. The molecule has 2 rings (SSSR count). The van der Waals surface area contributed by atoms with Gasteiger partial charge in [-0.25, -0.2) is 5.43 Å². The van der Waals surface area contributed by atoms with Crippen molar-refractivity contribution in [1.29, 1.82) is 0 Å². The first-order chi connectivity index (χ1) is 13.5. The first-order valence-electron chi connectivity index (χ1n) is 9.45. The molecular weight excluding hydrogens is 376 g/mol. The van der Waals surface area contributed by atoms with Crippen LogP contribution in [0.3, 0.4) is 0 Å². The third kappa shape index (κ3) is 6.57. The number of carbonyl (C=O) groups is 1. The number of aryl methyl sites for hydroxylation is 1. The summed E-state index contributed by atoms with van der Waals surface area (Å²) in [5, 5.41) is 4.45. The number of nitrogens with one attached hydrogen (secondary N) is 1. The fourth-order valence-corrected chi connectivity index (χ4v) is 2.87. The number of hydrazone groups is 1. The molecule has 0 aliphatic rings. The monoisotopic (exact) mass is 402 g/mol. The fraction of sp³-hybridized carbons (Fsp3) is 0.364. The lowest BCUT2D eigenvalue weighted by atomic mass is 10.1. The SMILES string of the molecule is CCCCCCOc1c(Cl)cc(/C=N/NC(=O)c2ccc(C)cc2)cc1OC. The lowest BCUT2D eigenvalue weighted by molar-refractivity contribution is 0.0955. The summed E-state index contributed by atoms with van der Waals surface area (Å²) in [5.41, 5.74) is 4.84. The Labute approximate surface area is 171 Å². The van der Waals surface area contributed by atoms with Crippen molar-refractivity contribution in [3.63, 3.8) is 0 Å². The van der Waals surface area contributed by atoms with Gasteiger partial charge in [-0.3, -0.25) is 4.79 Å². The average Bonchev–Trinajstić information content (AvgIpc) is 2.69. The summed E-state index contributed by atoms with van der Waals surface area (Å²) in [6.07, 6.45) is 5.99. The minimum absolute atomic E-state index is 0.277. The van der Waals surface area contributed by atoms with E-state index in [4.69, 9.17) is 21.1 Å². The van der Waals surface area contributed by atoms with Crippen LogP contribution in [-0.2, 0) is 0 Å². The number of hydrogen-bond donors (Lipinski definition) is 1. The van der Waals surface area contributed by atoms with Crippen LogP contribution in [0.15, 0.2) is 41.5 Å². The second-order valence-electron chi connectivity index (χ2n) is 6.51. The van der Waals surface area contributed by atoms with Gasteiger partial charge in [0.2, 0.25) is 0 Å². The zero-order chi connectivity index (χ0) is 20.4. The molecule has 2 aromatic carbocycles. The quantitative estimate of drug-likeness (QED) is 0.329. The standard InChI is InChI=1S/C22H27ClN2O3/c1-4-5-6-7-12-28-21-19(23)13-17(14-20(21)27-3)15-24-25-22(26)18-10-8-16(2)9-11-18/h8-11,13-15H,4-7,12H2,1-3H3,(H,25,26)/b24-15+. The van der Waals surface area contributed by atoms with Crippen LogP contribution in [-0.4, -0.2) is 25.8 Å². The lowest BCUT2D eigenvalue weighted by Crippen LogP contribution is -2.17. The van der Waals surface area contributed by atoms with Crippen LogP contribution < -0.4 is 14.9 Å². The molecule has 150 valence electrons. The number of ether oxygens (including phenoxy) is 2. The van der Waals surface area contributed by atoms with Gasteiger partial charge >= 0.3 is 0 Å². The summed E-state index contributed by atoms with van der Waals surface area (Å²) < 4.78 is 11.2. The third-order valence-corrected chi connectivity index (χ3v) is 4.47. The molecule has 1 amide bonds. The van der Waals surface area contributed by atoms with Crippen LogP contribution in [0.25, 0.3) is 0 Å². The normalized spacial score (nSPS) is 10.9. The van der Waals surface area contributed by atoms with E-state index in [9.17, 15) is 4.79 Å². The van der Waals surface area contributed by atoms with E-state index in [2.05, 4.69) is 17.5 Å². The predicted molar refractivity (Wildman–Crippen MR) is 114 cm³/mol. The molecule has 0 spiro atoms. The second kappa shape index (κ2) is 11.3. The third-order valence-electron chi connectivity index (χ3n) is 4.19. The van der Waals surface area contributed by atoms with E-state index in [-0.39, 0.29) is 5.91 Å². The smallest absolute Gasteiger partial charge is 0.271 e. The summed E-state index contributed by atoms with van der Waals surface area (Å²) in [5.74, 6) is 0.789. The number of rotatable bonds is 10. The number of nitrogens with zero attached hydrogens (tertiary/aromatic N) is 1. The molecule has 6 heteroatoms. The maximum absolute atomic E-state index is 12.1. The minimum Gasteiger partial charge on any atom is -0.493 e. The van der Waals surface area contributed by atoms with Crippen molar-refractivity contribution < 1.29 is 14.3 Å². The van der Waals surface area contributed by atoms with Gasteiger partial charge in [-0.1, -0.05) is 55.5 Å². The molecule has 0 aliphatic carbocycles. The average molecular weight is 403 g/mol. The number of unbranched alkanes of at least 4 members (excludes halogenated alkanes) is 3. The van der Waals surface area contributed by atoms with E-state index in [0.29, 0.717) is 34.3 Å². The Kier molecular flexibility index (Phi) is 8.82. The molecule has 5 nitrogen and oxygen atoms in total. The van der Waals surface area contributed by atoms with Gasteiger partial charge in [-0.2, -0.15) is 5.10 Å². The van der Waals surface area contributed by atoms with Gasteiger partial charge in [0.05, 0.1) is 25.0 Å². The Balaban J connectivity index is 1.99. The van der Waals surface area contributed by atoms with Crippen molar-refractivity contribution >= 4 is 23.7 Å². The Morgan fingerprint density at radius 2 is 1.93 bits per heavy atom. The van der Waals surface area contributed by atoms with Crippen molar-refractivity contribution in [3.05, 3.63) is 58.1 Å². The fourth-order valence-electron chi connectivity index (χ4n) is 2.59. The van der Waals surface area contributed by atoms with E-state index in [0.717, 1.165) is 18.4 Å². The summed E-state index contributed by atoms with van der Waals surface area (Å²) >= 11 is 6.35. The molecule has 0 fully saturated rings. The summed E-state index contributed by atoms with van der Waals surface area (Å²) in [7, 11) is 1.57. The van der Waals surface area contributed by atoms with Gasteiger partial charge in [0, 0.05) is 5.56 Å². The molecule has 0 aromatic heterocycles. The van der Waals surface area contributed by atoms with Crippen LogP contribution in [0.2, 0.25) is 5.02 Å². The number of methoxy groups -OCH3 is 1. The molecule has 0 unspecified atom stereocenters. The van der Waals surface area contributed by atoms with Crippen LogP contribution in [0.5, 0.6) is 11.5 Å². The molecule has 0 bridgehead atoms. The molecule has 1 N–H and O–H groups in total. The number of carbonyl (C=O) groups excluding carboxylic acids is 1. The van der Waals surface area contributed by atoms with Gasteiger partial charge in [0.1, 0.15) is 0 Å². The predicted octanol–water partition coefficient (Wildman–Crippen LogP) is 5.38. The first kappa shape index (κ1) is 21.8. The summed E-state index contributed by atoms with van der Waals surface area (Å²) in [6.45, 7) is 4.73. The van der Waals surface area contributed by atoms with Crippen molar-refractivity contribution in [1.82, 2.24) is 5.43 Å². The Morgan fingerprint density at radius 3 is 2.61 bits per heavy atom. The largest absolute Gasteiger partial charge is 0.493 e. The van der Waals surface area contributed by atoms with Crippen molar-refractivity contribution in [2.45, 2.75) is 39.5 Å². The van der Waals surface area contributed by atoms with E-state index in [1.54, 1.807) is 31.4 Å². The number of benzene rings is 2. The molecule has 28 heavy (non-hydrogen) atoms. The highest BCUT2D eigenvalue weighted by Crippen LogP contribution is 2.36. The van der Waals surface area contributed by atoms with Gasteiger partial charge in [0.15, 0.2) is 11.5 Å². The lowest BCUT2D eigenvalue weighted by Gasteiger charge is -2.13. The number of halogens is 1. The topological polar surface area (TPSA) is 59.9 Å². The number of amides is 1. The maximum atomic E-state index is 12.1. The zero-order valence-electron chi connectivity index (χ0n) is 16.6. The van der Waals surface area contributed by atoms with Gasteiger partial charge in [-0.15, -0.1) is 0 Å². The van der Waals surface area contributed by atoms with Crippen molar-refractivity contribution in [3.8, 4) is 11.5 Å². The van der Waals surface area contributed by atoms with E-state index in [1.807, 2.05) is 19.1 Å². The summed E-state index contributed by atoms with van der Waals surface area (Å²) in [4.78, 5) is 12.1. The molecular formula is C22H27ClN2O3. The Morgan fingerprint density at radius 1 is 1.18 bits per heavy atom. The van der Waals surface area contributed by atoms with Crippen molar-refractivity contribution in [2.24, 2.45) is 5.10 Å². The molecule has 0 heterocycles. The minimum atomic E-state index is -0.277. The molecule has 0 atom stereocenters. The molecule has 2 aromatic rings. The van der Waals surface area contributed by atoms with E-state index < -0.39 is 0 Å². The Bertz CT molecular complexity index is 804. The van der Waals surface area contributed by atoms with Crippen LogP contribution in [0, 0.1) is 6.92 Å². The highest BCUT2D eigenvalue weighted by molar-refractivity contribution is 6.32. The van der Waals surface area contributed by atoms with Gasteiger partial charge in [0.25, 0.3) is 5.91 Å². The zero-order valence-corrected chi connectivity index (χ0v) is 17.4. The highest BCUT2D eigenvalue weighted by atomic mass is 35.5. The molecule has 0 radical (unpaired) electrons. The second-order valence-corrected chi connectivity index (χ2v) is 6.92. The Hall–Kier alpha value is -2.53. The van der Waals surface area contributed by atoms with Crippen LogP contribution >= 0.6 is 11.6 Å². The first-order valence-corrected chi connectivity index (χ1v) is 9.83. The van der Waals surface area contributed by atoms with Crippen LogP contribution in [0.1, 0.15) is 54.1 Å². The molecule has 0 aliphatic heterocycles.